The molecule has 0 atom stereocenters. The van der Waals surface area contributed by atoms with Gasteiger partial charge in [0.25, 0.3) is 0 Å². The Hall–Kier alpha value is -0.570. The quantitative estimate of drug-likeness (QED) is 0.544. The van der Waals surface area contributed by atoms with Crippen molar-refractivity contribution in [2.24, 2.45) is 16.6 Å². The second-order valence-corrected chi connectivity index (χ2v) is 4.49. The molecule has 2 fully saturated rings. The average molecular weight is 195 g/mol. The van der Waals surface area contributed by atoms with Gasteiger partial charge in [-0.05, 0) is 32.2 Å². The maximum absolute atomic E-state index is 5.91. The van der Waals surface area contributed by atoms with E-state index in [1.807, 2.05) is 0 Å². The van der Waals surface area contributed by atoms with Crippen LogP contribution in [0.3, 0.4) is 0 Å². The van der Waals surface area contributed by atoms with Gasteiger partial charge in [0, 0.05) is 19.0 Å². The van der Waals surface area contributed by atoms with E-state index in [0.717, 1.165) is 5.84 Å². The van der Waals surface area contributed by atoms with E-state index in [1.165, 1.54) is 45.3 Å². The Kier molecular flexibility index (Phi) is 3.06. The number of nitrogens with zero attached hydrogens (tertiary/aromatic N) is 2. The topological polar surface area (TPSA) is 41.6 Å². The van der Waals surface area contributed by atoms with Gasteiger partial charge >= 0.3 is 0 Å². The minimum Gasteiger partial charge on any atom is -0.387 e. The van der Waals surface area contributed by atoms with E-state index in [-0.39, 0.29) is 0 Å². The highest BCUT2D eigenvalue weighted by molar-refractivity contribution is 5.85. The SMILES string of the molecule is CCN1CCC(N=C(N)C2CC2)CC1. The number of piperidine rings is 1. The van der Waals surface area contributed by atoms with Crippen LogP contribution in [0, 0.1) is 5.92 Å². The number of hydrogen-bond donors (Lipinski definition) is 1. The van der Waals surface area contributed by atoms with Crippen LogP contribution in [0.4, 0.5) is 0 Å². The van der Waals surface area contributed by atoms with Crippen molar-refractivity contribution < 1.29 is 0 Å². The first-order chi connectivity index (χ1) is 6.79. The number of hydrogen-bond acceptors (Lipinski definition) is 2. The molecule has 3 nitrogen and oxygen atoms in total. The van der Waals surface area contributed by atoms with Gasteiger partial charge in [-0.15, -0.1) is 0 Å². The zero-order valence-electron chi connectivity index (χ0n) is 9.08. The summed E-state index contributed by atoms with van der Waals surface area (Å²) in [6.45, 7) is 5.79. The van der Waals surface area contributed by atoms with Gasteiger partial charge in [0.2, 0.25) is 0 Å². The summed E-state index contributed by atoms with van der Waals surface area (Å²) in [4.78, 5) is 7.12. The minimum atomic E-state index is 0.512. The van der Waals surface area contributed by atoms with Crippen molar-refractivity contribution in [3.05, 3.63) is 0 Å². The second-order valence-electron chi connectivity index (χ2n) is 4.49. The molecular weight excluding hydrogens is 174 g/mol. The predicted molar refractivity (Wildman–Crippen MR) is 59.5 cm³/mol. The number of aliphatic imine (C=N–C) groups is 1. The van der Waals surface area contributed by atoms with E-state index < -0.39 is 0 Å². The molecule has 2 aliphatic rings. The molecule has 0 aromatic carbocycles. The standard InChI is InChI=1S/C11H21N3/c1-2-14-7-5-10(6-8-14)13-11(12)9-3-4-9/h9-10H,2-8H2,1H3,(H2,12,13). The van der Waals surface area contributed by atoms with Gasteiger partial charge in [0.05, 0.1) is 11.9 Å². The average Bonchev–Trinajstić information content (AvgIpc) is 3.02. The first-order valence-corrected chi connectivity index (χ1v) is 5.85. The number of amidine groups is 1. The summed E-state index contributed by atoms with van der Waals surface area (Å²) in [5.74, 6) is 1.57. The molecule has 1 saturated heterocycles. The van der Waals surface area contributed by atoms with E-state index in [0.29, 0.717) is 12.0 Å². The van der Waals surface area contributed by atoms with Crippen LogP contribution in [0.25, 0.3) is 0 Å². The lowest BCUT2D eigenvalue weighted by atomic mass is 10.1. The molecule has 0 aromatic rings. The normalized spacial score (nSPS) is 26.8. The summed E-state index contributed by atoms with van der Waals surface area (Å²) in [5, 5.41) is 0. The summed E-state index contributed by atoms with van der Waals surface area (Å²) in [5.41, 5.74) is 5.91. The Bertz CT molecular complexity index is 213. The first-order valence-electron chi connectivity index (χ1n) is 5.85. The molecule has 14 heavy (non-hydrogen) atoms. The lowest BCUT2D eigenvalue weighted by Crippen LogP contribution is -2.35. The van der Waals surface area contributed by atoms with E-state index in [2.05, 4.69) is 16.8 Å². The Labute approximate surface area is 86.4 Å². The third-order valence-corrected chi connectivity index (χ3v) is 3.33. The van der Waals surface area contributed by atoms with Crippen molar-refractivity contribution in [2.75, 3.05) is 19.6 Å². The summed E-state index contributed by atoms with van der Waals surface area (Å²) in [6.07, 6.45) is 4.93. The molecule has 2 rings (SSSR count). The van der Waals surface area contributed by atoms with Crippen molar-refractivity contribution in [3.63, 3.8) is 0 Å². The molecule has 80 valence electrons. The van der Waals surface area contributed by atoms with Gasteiger partial charge in [-0.2, -0.15) is 0 Å². The fourth-order valence-corrected chi connectivity index (χ4v) is 2.06. The molecule has 1 aliphatic heterocycles. The monoisotopic (exact) mass is 195 g/mol. The molecule has 1 heterocycles. The zero-order chi connectivity index (χ0) is 9.97. The molecule has 2 N–H and O–H groups in total. The smallest absolute Gasteiger partial charge is 0.0971 e. The Balaban J connectivity index is 1.80. The molecule has 0 aromatic heterocycles. The Morgan fingerprint density at radius 3 is 2.43 bits per heavy atom. The van der Waals surface area contributed by atoms with Crippen LogP contribution in [0.1, 0.15) is 32.6 Å². The van der Waals surface area contributed by atoms with Gasteiger partial charge in [0.15, 0.2) is 0 Å². The number of nitrogens with two attached hydrogens (primary N) is 1. The third-order valence-electron chi connectivity index (χ3n) is 3.33. The molecule has 3 heteroatoms. The Morgan fingerprint density at radius 2 is 1.93 bits per heavy atom. The van der Waals surface area contributed by atoms with E-state index in [4.69, 9.17) is 5.73 Å². The van der Waals surface area contributed by atoms with Crippen LogP contribution in [-0.4, -0.2) is 36.4 Å². The highest BCUT2D eigenvalue weighted by Crippen LogP contribution is 2.29. The zero-order valence-corrected chi connectivity index (χ0v) is 9.08. The summed E-state index contributed by atoms with van der Waals surface area (Å²) in [7, 11) is 0. The van der Waals surface area contributed by atoms with Gasteiger partial charge in [-0.25, -0.2) is 0 Å². The highest BCUT2D eigenvalue weighted by Gasteiger charge is 2.27. The minimum absolute atomic E-state index is 0.512. The van der Waals surface area contributed by atoms with Crippen molar-refractivity contribution in [1.29, 1.82) is 0 Å². The van der Waals surface area contributed by atoms with Crippen LogP contribution in [0.15, 0.2) is 4.99 Å². The van der Waals surface area contributed by atoms with Gasteiger partial charge < -0.3 is 10.6 Å². The van der Waals surface area contributed by atoms with Gasteiger partial charge in [-0.1, -0.05) is 6.92 Å². The van der Waals surface area contributed by atoms with Crippen LogP contribution < -0.4 is 5.73 Å². The maximum atomic E-state index is 5.91. The largest absolute Gasteiger partial charge is 0.387 e. The van der Waals surface area contributed by atoms with Crippen LogP contribution >= 0.6 is 0 Å². The van der Waals surface area contributed by atoms with Crippen molar-refractivity contribution >= 4 is 5.84 Å². The molecule has 1 saturated carbocycles. The number of rotatable bonds is 3. The van der Waals surface area contributed by atoms with E-state index in [9.17, 15) is 0 Å². The first kappa shape index (κ1) is 9.97. The van der Waals surface area contributed by atoms with Crippen molar-refractivity contribution in [2.45, 2.75) is 38.6 Å². The Morgan fingerprint density at radius 1 is 1.29 bits per heavy atom. The highest BCUT2D eigenvalue weighted by atomic mass is 15.1. The van der Waals surface area contributed by atoms with E-state index in [1.54, 1.807) is 0 Å². The predicted octanol–water partition coefficient (Wildman–Crippen LogP) is 1.24. The fourth-order valence-electron chi connectivity index (χ4n) is 2.06. The molecule has 0 spiro atoms. The molecule has 0 radical (unpaired) electrons. The van der Waals surface area contributed by atoms with Gasteiger partial charge in [-0.3, -0.25) is 4.99 Å². The number of likely N-dealkylation sites (tertiary alicyclic amines) is 1. The molecular formula is C11H21N3. The van der Waals surface area contributed by atoms with Crippen LogP contribution in [0.2, 0.25) is 0 Å². The van der Waals surface area contributed by atoms with E-state index >= 15 is 0 Å². The van der Waals surface area contributed by atoms with Crippen LogP contribution in [-0.2, 0) is 0 Å². The van der Waals surface area contributed by atoms with Crippen molar-refractivity contribution in [1.82, 2.24) is 4.90 Å². The van der Waals surface area contributed by atoms with Crippen molar-refractivity contribution in [3.8, 4) is 0 Å². The third kappa shape index (κ3) is 2.47. The maximum Gasteiger partial charge on any atom is 0.0971 e. The molecule has 0 bridgehead atoms. The molecule has 0 unspecified atom stereocenters. The fraction of sp³-hybridized carbons (Fsp3) is 0.909. The van der Waals surface area contributed by atoms with Crippen LogP contribution in [0.5, 0.6) is 0 Å². The summed E-state index contributed by atoms with van der Waals surface area (Å²) in [6, 6.07) is 0.512. The molecule has 1 aliphatic carbocycles. The summed E-state index contributed by atoms with van der Waals surface area (Å²) >= 11 is 0. The second kappa shape index (κ2) is 4.30. The summed E-state index contributed by atoms with van der Waals surface area (Å²) < 4.78 is 0. The molecule has 0 amide bonds. The van der Waals surface area contributed by atoms with Gasteiger partial charge in [0.1, 0.15) is 0 Å². The lowest BCUT2D eigenvalue weighted by Gasteiger charge is -2.29. The lowest BCUT2D eigenvalue weighted by molar-refractivity contribution is 0.224.